The maximum Gasteiger partial charge on any atom is 0.265 e. The van der Waals surface area contributed by atoms with Gasteiger partial charge in [0.05, 0.1) is 10.6 Å². The fourth-order valence-corrected chi connectivity index (χ4v) is 5.50. The van der Waals surface area contributed by atoms with Crippen LogP contribution in [0.1, 0.15) is 23.7 Å². The number of carbonyl (C=O) groups is 2. The van der Waals surface area contributed by atoms with Gasteiger partial charge in [-0.25, -0.2) is 8.42 Å². The van der Waals surface area contributed by atoms with Crippen LogP contribution in [0.25, 0.3) is 0 Å². The highest BCUT2D eigenvalue weighted by atomic mass is 32.2. The monoisotopic (exact) mass is 473 g/mol. The fourth-order valence-electron chi connectivity index (χ4n) is 4.05. The molecule has 2 aromatic rings. The molecule has 0 bridgehead atoms. The second-order valence-electron chi connectivity index (χ2n) is 7.93. The van der Waals surface area contributed by atoms with Gasteiger partial charge in [0.1, 0.15) is 5.75 Å². The lowest BCUT2D eigenvalue weighted by molar-refractivity contribution is -0.123. The molecule has 1 unspecified atom stereocenters. The topological polar surface area (TPSA) is 114 Å². The van der Waals surface area contributed by atoms with Crippen molar-refractivity contribution < 1.29 is 32.2 Å². The highest BCUT2D eigenvalue weighted by Gasteiger charge is 2.33. The Hall–Kier alpha value is -3.31. The molecule has 0 saturated carbocycles. The Labute approximate surface area is 191 Å². The summed E-state index contributed by atoms with van der Waals surface area (Å²) in [5.41, 5.74) is 0.800. The number of piperazine rings is 1. The molecule has 0 radical (unpaired) electrons. The molecule has 3 aliphatic rings. The van der Waals surface area contributed by atoms with Gasteiger partial charge in [-0.2, -0.15) is 4.31 Å². The molecule has 174 valence electrons. The maximum atomic E-state index is 13.2. The quantitative estimate of drug-likeness (QED) is 0.718. The molecule has 3 aliphatic heterocycles. The van der Waals surface area contributed by atoms with E-state index < -0.39 is 16.1 Å². The number of hydrogen-bond donors (Lipinski definition) is 1. The molecule has 3 heterocycles. The van der Waals surface area contributed by atoms with Crippen LogP contribution in [-0.2, 0) is 14.8 Å². The number of carbonyl (C=O) groups excluding carboxylic acids is 2. The number of benzene rings is 2. The number of rotatable bonds is 4. The molecule has 5 rings (SSSR count). The van der Waals surface area contributed by atoms with Crippen molar-refractivity contribution in [1.29, 1.82) is 0 Å². The SMILES string of the molecule is CCC1Oc2ccc(S(=O)(=O)N3CCN(C(=O)c4ccc5c(c4)OCO5)CC3)cc2NC1=O. The Morgan fingerprint density at radius 3 is 2.52 bits per heavy atom. The van der Waals surface area contributed by atoms with E-state index >= 15 is 0 Å². The van der Waals surface area contributed by atoms with Crippen molar-refractivity contribution in [3.63, 3.8) is 0 Å². The third-order valence-corrected chi connectivity index (χ3v) is 7.82. The van der Waals surface area contributed by atoms with Gasteiger partial charge in [-0.1, -0.05) is 6.92 Å². The largest absolute Gasteiger partial charge is 0.478 e. The predicted molar refractivity (Wildman–Crippen MR) is 117 cm³/mol. The van der Waals surface area contributed by atoms with Gasteiger partial charge in [0.15, 0.2) is 17.6 Å². The van der Waals surface area contributed by atoms with Crippen LogP contribution in [0, 0.1) is 0 Å². The summed E-state index contributed by atoms with van der Waals surface area (Å²) in [6.07, 6.45) is -0.0732. The van der Waals surface area contributed by atoms with E-state index in [1.807, 2.05) is 6.92 Å². The Kier molecular flexibility index (Phi) is 5.37. The summed E-state index contributed by atoms with van der Waals surface area (Å²) in [6, 6.07) is 9.45. The highest BCUT2D eigenvalue weighted by molar-refractivity contribution is 7.89. The van der Waals surface area contributed by atoms with E-state index in [4.69, 9.17) is 14.2 Å². The summed E-state index contributed by atoms with van der Waals surface area (Å²) in [4.78, 5) is 26.6. The highest BCUT2D eigenvalue weighted by Crippen LogP contribution is 2.34. The Balaban J connectivity index is 1.27. The van der Waals surface area contributed by atoms with Crippen LogP contribution in [0.3, 0.4) is 0 Å². The first-order valence-corrected chi connectivity index (χ1v) is 12.1. The zero-order chi connectivity index (χ0) is 23.2. The van der Waals surface area contributed by atoms with E-state index in [-0.39, 0.29) is 49.7 Å². The lowest BCUT2D eigenvalue weighted by atomic mass is 10.1. The summed E-state index contributed by atoms with van der Waals surface area (Å²) in [5, 5.41) is 2.72. The minimum atomic E-state index is -3.80. The molecule has 1 atom stereocenters. The molecule has 1 saturated heterocycles. The van der Waals surface area contributed by atoms with Crippen molar-refractivity contribution >= 4 is 27.5 Å². The molecule has 1 N–H and O–H groups in total. The molecule has 33 heavy (non-hydrogen) atoms. The van der Waals surface area contributed by atoms with Gasteiger partial charge in [0.25, 0.3) is 11.8 Å². The van der Waals surface area contributed by atoms with E-state index in [0.717, 1.165) is 0 Å². The smallest absolute Gasteiger partial charge is 0.265 e. The molecule has 10 nitrogen and oxygen atoms in total. The zero-order valence-corrected chi connectivity index (χ0v) is 18.8. The number of nitrogens with one attached hydrogen (secondary N) is 1. The summed E-state index contributed by atoms with van der Waals surface area (Å²) in [5.74, 6) is 1.08. The van der Waals surface area contributed by atoms with Crippen LogP contribution in [0.15, 0.2) is 41.3 Å². The molecule has 1 fully saturated rings. The first kappa shape index (κ1) is 21.5. The normalized spacial score (nSPS) is 20.1. The van der Waals surface area contributed by atoms with Crippen molar-refractivity contribution in [2.75, 3.05) is 38.3 Å². The van der Waals surface area contributed by atoms with Crippen molar-refractivity contribution in [2.45, 2.75) is 24.3 Å². The van der Waals surface area contributed by atoms with Gasteiger partial charge in [-0.3, -0.25) is 9.59 Å². The third kappa shape index (κ3) is 3.87. The number of anilines is 1. The second-order valence-corrected chi connectivity index (χ2v) is 9.86. The standard InChI is InChI=1S/C22H23N3O7S/c1-2-17-21(26)23-16-12-15(4-6-18(16)32-17)33(28,29)25-9-7-24(8-10-25)22(27)14-3-5-19-20(11-14)31-13-30-19/h3-6,11-12,17H,2,7-10,13H2,1H3,(H,23,26). The Morgan fingerprint density at radius 2 is 1.76 bits per heavy atom. The average Bonchev–Trinajstić information content (AvgIpc) is 3.31. The first-order chi connectivity index (χ1) is 15.9. The number of nitrogens with zero attached hydrogens (tertiary/aromatic N) is 2. The van der Waals surface area contributed by atoms with Gasteiger partial charge < -0.3 is 24.4 Å². The molecule has 0 aromatic heterocycles. The van der Waals surface area contributed by atoms with Gasteiger partial charge in [0, 0.05) is 31.7 Å². The van der Waals surface area contributed by atoms with E-state index in [2.05, 4.69) is 5.32 Å². The summed E-state index contributed by atoms with van der Waals surface area (Å²) >= 11 is 0. The molecular formula is C22H23N3O7S. The van der Waals surface area contributed by atoms with Crippen LogP contribution in [-0.4, -0.2) is 68.5 Å². The lowest BCUT2D eigenvalue weighted by Gasteiger charge is -2.34. The molecule has 0 spiro atoms. The minimum Gasteiger partial charge on any atom is -0.478 e. The van der Waals surface area contributed by atoms with E-state index in [9.17, 15) is 18.0 Å². The predicted octanol–water partition coefficient (Wildman–Crippen LogP) is 1.67. The molecule has 0 aliphatic carbocycles. The molecular weight excluding hydrogens is 450 g/mol. The van der Waals surface area contributed by atoms with Crippen LogP contribution < -0.4 is 19.5 Å². The van der Waals surface area contributed by atoms with E-state index in [1.54, 1.807) is 29.2 Å². The summed E-state index contributed by atoms with van der Waals surface area (Å²) in [6.45, 7) is 2.81. The van der Waals surface area contributed by atoms with Crippen molar-refractivity contribution in [2.24, 2.45) is 0 Å². The van der Waals surface area contributed by atoms with Crippen molar-refractivity contribution in [1.82, 2.24) is 9.21 Å². The number of sulfonamides is 1. The summed E-state index contributed by atoms with van der Waals surface area (Å²) < 4.78 is 44.0. The lowest BCUT2D eigenvalue weighted by Crippen LogP contribution is -2.50. The second kappa shape index (κ2) is 8.23. The number of hydrogen-bond acceptors (Lipinski definition) is 7. The zero-order valence-electron chi connectivity index (χ0n) is 17.9. The average molecular weight is 474 g/mol. The number of fused-ring (bicyclic) bond motifs is 2. The minimum absolute atomic E-state index is 0.0654. The van der Waals surface area contributed by atoms with Crippen molar-refractivity contribution in [3.05, 3.63) is 42.0 Å². The molecule has 2 amide bonds. The van der Waals surface area contributed by atoms with Crippen LogP contribution in [0.5, 0.6) is 17.2 Å². The number of ether oxygens (including phenoxy) is 3. The molecule has 2 aromatic carbocycles. The Morgan fingerprint density at radius 1 is 1.03 bits per heavy atom. The Bertz CT molecular complexity index is 1220. The maximum absolute atomic E-state index is 13.2. The van der Waals surface area contributed by atoms with Gasteiger partial charge in [0.2, 0.25) is 16.8 Å². The van der Waals surface area contributed by atoms with Crippen LogP contribution in [0.4, 0.5) is 5.69 Å². The third-order valence-electron chi connectivity index (χ3n) is 5.92. The number of amides is 2. The van der Waals surface area contributed by atoms with Crippen LogP contribution >= 0.6 is 0 Å². The van der Waals surface area contributed by atoms with Gasteiger partial charge in [-0.05, 0) is 42.8 Å². The van der Waals surface area contributed by atoms with Crippen LogP contribution in [0.2, 0.25) is 0 Å². The first-order valence-electron chi connectivity index (χ1n) is 10.7. The van der Waals surface area contributed by atoms with Gasteiger partial charge >= 0.3 is 0 Å². The van der Waals surface area contributed by atoms with E-state index in [1.165, 1.54) is 16.4 Å². The molecule has 11 heteroatoms. The van der Waals surface area contributed by atoms with Gasteiger partial charge in [-0.15, -0.1) is 0 Å². The summed E-state index contributed by atoms with van der Waals surface area (Å²) in [7, 11) is -3.80. The van der Waals surface area contributed by atoms with E-state index in [0.29, 0.717) is 34.9 Å². The fraction of sp³-hybridized carbons (Fsp3) is 0.364. The van der Waals surface area contributed by atoms with Crippen molar-refractivity contribution in [3.8, 4) is 17.2 Å².